The van der Waals surface area contributed by atoms with Gasteiger partial charge in [-0.1, -0.05) is 45.8 Å². The number of carbonyl (C=O) groups excluding carboxylic acids is 1. The summed E-state index contributed by atoms with van der Waals surface area (Å²) in [6.07, 6.45) is 0. The minimum atomic E-state index is -0.485. The molecule has 0 unspecified atom stereocenters. The second kappa shape index (κ2) is 6.80. The molecule has 0 aliphatic rings. The molecule has 1 aromatic heterocycles. The molecule has 24 heavy (non-hydrogen) atoms. The van der Waals surface area contributed by atoms with Crippen LogP contribution in [0.15, 0.2) is 73.7 Å². The highest BCUT2D eigenvalue weighted by Crippen LogP contribution is 2.36. The van der Waals surface area contributed by atoms with Gasteiger partial charge < -0.3 is 9.52 Å². The highest BCUT2D eigenvalue weighted by Gasteiger charge is 2.12. The molecule has 2 aromatic carbocycles. The van der Waals surface area contributed by atoms with E-state index in [9.17, 15) is 9.90 Å². The van der Waals surface area contributed by atoms with Gasteiger partial charge in [-0.25, -0.2) is 0 Å². The molecular weight excluding hydrogens is 372 g/mol. The summed E-state index contributed by atoms with van der Waals surface area (Å²) < 4.78 is 6.21. The van der Waals surface area contributed by atoms with E-state index in [4.69, 9.17) is 4.42 Å². The van der Waals surface area contributed by atoms with E-state index in [1.807, 2.05) is 43.3 Å². The Balaban J connectivity index is 1.81. The van der Waals surface area contributed by atoms with Gasteiger partial charge in [0.2, 0.25) is 0 Å². The third-order valence-corrected chi connectivity index (χ3v) is 3.90. The molecule has 0 radical (unpaired) electrons. The first kappa shape index (κ1) is 16.1. The number of amides is 1. The molecule has 0 atom stereocenters. The predicted molar refractivity (Wildman–Crippen MR) is 93.5 cm³/mol. The van der Waals surface area contributed by atoms with E-state index in [0.29, 0.717) is 11.3 Å². The molecule has 1 heterocycles. The second-order valence-corrected chi connectivity index (χ2v) is 6.09. The summed E-state index contributed by atoms with van der Waals surface area (Å²) in [7, 11) is 0. The zero-order valence-corrected chi connectivity index (χ0v) is 14.3. The van der Waals surface area contributed by atoms with E-state index in [0.717, 1.165) is 15.6 Å². The summed E-state index contributed by atoms with van der Waals surface area (Å²) in [4.78, 5) is 12.0. The molecule has 0 aliphatic carbocycles. The normalized spacial score (nSPS) is 11.1. The van der Waals surface area contributed by atoms with Crippen molar-refractivity contribution < 1.29 is 14.3 Å². The zero-order chi connectivity index (χ0) is 17.1. The summed E-state index contributed by atoms with van der Waals surface area (Å²) in [6.45, 7) is 1.93. The molecule has 1 N–H and O–H groups in total. The fourth-order valence-corrected chi connectivity index (χ4v) is 2.32. The summed E-state index contributed by atoms with van der Waals surface area (Å²) in [5, 5.41) is 17.3. The van der Waals surface area contributed by atoms with Crippen molar-refractivity contribution in [1.29, 1.82) is 0 Å². The number of azo groups is 1. The SMILES string of the molecule is Cc1ccc(C(=O)N=Nc2cc(-c3ccc(Br)cc3)oc2O)cc1. The Kier molecular flexibility index (Phi) is 4.57. The molecule has 0 bridgehead atoms. The van der Waals surface area contributed by atoms with Gasteiger partial charge in [0.1, 0.15) is 5.76 Å². The monoisotopic (exact) mass is 384 g/mol. The van der Waals surface area contributed by atoms with Crippen molar-refractivity contribution in [3.8, 4) is 17.3 Å². The van der Waals surface area contributed by atoms with E-state index in [1.165, 1.54) is 6.07 Å². The molecule has 3 aromatic rings. The van der Waals surface area contributed by atoms with Crippen LogP contribution in [-0.2, 0) is 0 Å². The highest BCUT2D eigenvalue weighted by molar-refractivity contribution is 9.10. The Hall–Kier alpha value is -2.73. The van der Waals surface area contributed by atoms with Gasteiger partial charge in [0.25, 0.3) is 5.91 Å². The van der Waals surface area contributed by atoms with Crippen LogP contribution in [0.1, 0.15) is 15.9 Å². The first-order chi connectivity index (χ1) is 11.5. The quantitative estimate of drug-likeness (QED) is 0.592. The summed E-state index contributed by atoms with van der Waals surface area (Å²) >= 11 is 3.35. The summed E-state index contributed by atoms with van der Waals surface area (Å²) in [6, 6.07) is 15.9. The maximum absolute atomic E-state index is 12.0. The van der Waals surface area contributed by atoms with Crippen molar-refractivity contribution in [2.24, 2.45) is 10.2 Å². The van der Waals surface area contributed by atoms with Crippen molar-refractivity contribution in [2.45, 2.75) is 6.92 Å². The molecule has 120 valence electrons. The average Bonchev–Trinajstić information content (AvgIpc) is 2.95. The second-order valence-electron chi connectivity index (χ2n) is 5.18. The van der Waals surface area contributed by atoms with Crippen LogP contribution >= 0.6 is 15.9 Å². The minimum Gasteiger partial charge on any atom is -0.479 e. The number of halogens is 1. The first-order valence-electron chi connectivity index (χ1n) is 7.14. The van der Waals surface area contributed by atoms with Crippen LogP contribution in [0, 0.1) is 6.92 Å². The number of carbonyl (C=O) groups is 1. The molecule has 5 nitrogen and oxygen atoms in total. The van der Waals surface area contributed by atoms with Gasteiger partial charge in [-0.3, -0.25) is 4.79 Å². The van der Waals surface area contributed by atoms with Crippen LogP contribution in [0.4, 0.5) is 5.69 Å². The van der Waals surface area contributed by atoms with Gasteiger partial charge in [0.15, 0.2) is 5.69 Å². The number of hydrogen-bond acceptors (Lipinski definition) is 4. The van der Waals surface area contributed by atoms with Gasteiger partial charge in [0, 0.05) is 21.7 Å². The number of nitrogens with zero attached hydrogens (tertiary/aromatic N) is 2. The average molecular weight is 385 g/mol. The van der Waals surface area contributed by atoms with Gasteiger partial charge >= 0.3 is 5.95 Å². The minimum absolute atomic E-state index is 0.105. The van der Waals surface area contributed by atoms with Crippen LogP contribution in [0.25, 0.3) is 11.3 Å². The highest BCUT2D eigenvalue weighted by atomic mass is 79.9. The predicted octanol–water partition coefficient (Wildman–Crippen LogP) is 5.65. The third kappa shape index (κ3) is 3.60. The number of furan rings is 1. The van der Waals surface area contributed by atoms with E-state index in [2.05, 4.69) is 26.2 Å². The maximum Gasteiger partial charge on any atom is 0.311 e. The molecule has 3 rings (SSSR count). The molecule has 1 amide bonds. The van der Waals surface area contributed by atoms with E-state index in [-0.39, 0.29) is 11.6 Å². The first-order valence-corrected chi connectivity index (χ1v) is 7.94. The lowest BCUT2D eigenvalue weighted by atomic mass is 10.1. The van der Waals surface area contributed by atoms with Crippen molar-refractivity contribution in [2.75, 3.05) is 0 Å². The Morgan fingerprint density at radius 3 is 2.42 bits per heavy atom. The number of hydrogen-bond donors (Lipinski definition) is 1. The lowest BCUT2D eigenvalue weighted by Crippen LogP contribution is -1.92. The summed E-state index contributed by atoms with van der Waals surface area (Å²) in [5.41, 5.74) is 2.36. The van der Waals surface area contributed by atoms with E-state index >= 15 is 0 Å². The summed E-state index contributed by atoms with van der Waals surface area (Å²) in [5.74, 6) is -0.425. The third-order valence-electron chi connectivity index (χ3n) is 3.37. The van der Waals surface area contributed by atoms with Crippen LogP contribution in [0.2, 0.25) is 0 Å². The van der Waals surface area contributed by atoms with Gasteiger partial charge in [-0.15, -0.1) is 10.2 Å². The van der Waals surface area contributed by atoms with Crippen LogP contribution in [-0.4, -0.2) is 11.0 Å². The Labute approximate surface area is 146 Å². The largest absolute Gasteiger partial charge is 0.479 e. The van der Waals surface area contributed by atoms with Gasteiger partial charge in [-0.2, -0.15) is 0 Å². The zero-order valence-electron chi connectivity index (χ0n) is 12.7. The van der Waals surface area contributed by atoms with Gasteiger partial charge in [-0.05, 0) is 31.2 Å². The lowest BCUT2D eigenvalue weighted by molar-refractivity contribution is 0.0995. The Morgan fingerprint density at radius 2 is 1.75 bits per heavy atom. The number of aromatic hydroxyl groups is 1. The number of rotatable bonds is 3. The number of benzene rings is 2. The molecule has 0 fully saturated rings. The molecular formula is C18H13BrN2O3. The van der Waals surface area contributed by atoms with Crippen molar-refractivity contribution in [3.63, 3.8) is 0 Å². The fourth-order valence-electron chi connectivity index (χ4n) is 2.05. The fraction of sp³-hybridized carbons (Fsp3) is 0.0556. The molecule has 0 aliphatic heterocycles. The molecule has 0 saturated carbocycles. The number of aryl methyl sites for hydroxylation is 1. The Bertz CT molecular complexity index is 897. The van der Waals surface area contributed by atoms with Crippen molar-refractivity contribution in [3.05, 3.63) is 70.2 Å². The lowest BCUT2D eigenvalue weighted by Gasteiger charge is -1.95. The van der Waals surface area contributed by atoms with Gasteiger partial charge in [0.05, 0.1) is 0 Å². The van der Waals surface area contributed by atoms with Crippen molar-refractivity contribution >= 4 is 27.5 Å². The van der Waals surface area contributed by atoms with Crippen LogP contribution < -0.4 is 0 Å². The smallest absolute Gasteiger partial charge is 0.311 e. The van der Waals surface area contributed by atoms with Crippen LogP contribution in [0.3, 0.4) is 0 Å². The topological polar surface area (TPSA) is 75.2 Å². The van der Waals surface area contributed by atoms with E-state index in [1.54, 1.807) is 12.1 Å². The molecule has 0 saturated heterocycles. The maximum atomic E-state index is 12.0. The molecule has 0 spiro atoms. The van der Waals surface area contributed by atoms with Crippen LogP contribution in [0.5, 0.6) is 5.95 Å². The standard InChI is InChI=1S/C18H13BrN2O3/c1-11-2-4-13(5-3-11)17(22)21-20-15-10-16(24-18(15)23)12-6-8-14(19)9-7-12/h2-10,23H,1H3. The van der Waals surface area contributed by atoms with E-state index < -0.39 is 5.91 Å². The van der Waals surface area contributed by atoms with Crippen molar-refractivity contribution in [1.82, 2.24) is 0 Å². The Morgan fingerprint density at radius 1 is 1.08 bits per heavy atom. The molecule has 6 heteroatoms.